The van der Waals surface area contributed by atoms with Crippen LogP contribution < -0.4 is 24.4 Å². The van der Waals surface area contributed by atoms with Gasteiger partial charge >= 0.3 is 5.97 Å². The van der Waals surface area contributed by atoms with E-state index in [2.05, 4.69) is 11.9 Å². The van der Waals surface area contributed by atoms with Gasteiger partial charge in [0.05, 0.1) is 41.7 Å². The summed E-state index contributed by atoms with van der Waals surface area (Å²) in [5, 5.41) is 0. The SMILES string of the molecule is CCCCOc1ccc(C=c2sc3n(c2=O)C(c2ccc(OC)cc2)C(C(=O)OC(C)C)=C(C)N=3)cc1. The molecule has 0 bridgehead atoms. The number of allylic oxidation sites excluding steroid dienone is 1. The first-order valence-corrected chi connectivity index (χ1v) is 13.2. The molecule has 4 rings (SSSR count). The number of nitrogens with zero attached hydrogens (tertiary/aromatic N) is 2. The van der Waals surface area contributed by atoms with Crippen LogP contribution >= 0.6 is 11.3 Å². The van der Waals surface area contributed by atoms with Crippen LogP contribution in [0, 0.1) is 0 Å². The van der Waals surface area contributed by atoms with Gasteiger partial charge in [-0.1, -0.05) is 48.9 Å². The maximum absolute atomic E-state index is 13.7. The number of hydrogen-bond acceptors (Lipinski definition) is 7. The summed E-state index contributed by atoms with van der Waals surface area (Å²) in [6.45, 7) is 8.18. The van der Waals surface area contributed by atoms with Crippen LogP contribution in [0.4, 0.5) is 0 Å². The molecule has 0 fully saturated rings. The molecule has 1 aliphatic heterocycles. The monoisotopic (exact) mass is 520 g/mol. The fourth-order valence-electron chi connectivity index (χ4n) is 4.11. The van der Waals surface area contributed by atoms with Crippen LogP contribution in [0.25, 0.3) is 6.08 Å². The van der Waals surface area contributed by atoms with Gasteiger partial charge in [-0.3, -0.25) is 9.36 Å². The molecule has 0 aliphatic carbocycles. The maximum Gasteiger partial charge on any atom is 0.338 e. The highest BCUT2D eigenvalue weighted by Gasteiger charge is 2.33. The number of unbranched alkanes of at least 4 members (excludes halogenated alkanes) is 1. The number of carbonyl (C=O) groups is 1. The lowest BCUT2D eigenvalue weighted by molar-refractivity contribution is -0.143. The molecule has 0 amide bonds. The molecule has 0 spiro atoms. The van der Waals surface area contributed by atoms with E-state index in [0.717, 1.165) is 29.7 Å². The number of thiazole rings is 1. The smallest absolute Gasteiger partial charge is 0.338 e. The van der Waals surface area contributed by atoms with E-state index >= 15 is 0 Å². The average Bonchev–Trinajstić information content (AvgIpc) is 3.18. The maximum atomic E-state index is 13.7. The highest BCUT2D eigenvalue weighted by Crippen LogP contribution is 2.31. The largest absolute Gasteiger partial charge is 0.497 e. The Hall–Kier alpha value is -3.65. The summed E-state index contributed by atoms with van der Waals surface area (Å²) in [5.41, 5.74) is 2.32. The molecule has 0 N–H and O–H groups in total. The summed E-state index contributed by atoms with van der Waals surface area (Å²) in [7, 11) is 1.59. The van der Waals surface area contributed by atoms with Crippen LogP contribution in [-0.2, 0) is 9.53 Å². The molecule has 0 saturated heterocycles. The normalized spacial score (nSPS) is 15.4. The van der Waals surface area contributed by atoms with Crippen molar-refractivity contribution in [2.45, 2.75) is 52.7 Å². The second-order valence-corrected chi connectivity index (χ2v) is 10.1. The van der Waals surface area contributed by atoms with Gasteiger partial charge in [0.25, 0.3) is 5.56 Å². The molecule has 1 aliphatic rings. The number of fused-ring (bicyclic) bond motifs is 1. The van der Waals surface area contributed by atoms with Crippen LogP contribution in [0.2, 0.25) is 0 Å². The minimum absolute atomic E-state index is 0.213. The van der Waals surface area contributed by atoms with Crippen molar-refractivity contribution in [3.8, 4) is 11.5 Å². The van der Waals surface area contributed by atoms with E-state index in [1.807, 2.05) is 54.6 Å². The number of rotatable bonds is 9. The van der Waals surface area contributed by atoms with Crippen LogP contribution in [0.1, 0.15) is 57.7 Å². The molecule has 1 aromatic heterocycles. The Labute approximate surface area is 220 Å². The van der Waals surface area contributed by atoms with Crippen LogP contribution in [-0.4, -0.2) is 30.4 Å². The summed E-state index contributed by atoms with van der Waals surface area (Å²) in [5.74, 6) is 1.01. The van der Waals surface area contributed by atoms with Crippen LogP contribution in [0.15, 0.2) is 69.6 Å². The van der Waals surface area contributed by atoms with Gasteiger partial charge in [-0.2, -0.15) is 0 Å². The van der Waals surface area contributed by atoms with Gasteiger partial charge in [0.1, 0.15) is 11.5 Å². The van der Waals surface area contributed by atoms with E-state index in [1.165, 1.54) is 11.3 Å². The second-order valence-electron chi connectivity index (χ2n) is 9.08. The molecule has 194 valence electrons. The fraction of sp³-hybridized carbons (Fsp3) is 0.345. The molecule has 2 heterocycles. The molecule has 3 aromatic rings. The first-order chi connectivity index (χ1) is 17.8. The highest BCUT2D eigenvalue weighted by atomic mass is 32.1. The van der Waals surface area contributed by atoms with Crippen molar-refractivity contribution in [2.24, 2.45) is 4.99 Å². The lowest BCUT2D eigenvalue weighted by Gasteiger charge is -2.25. The predicted octanol–water partition coefficient (Wildman–Crippen LogP) is 4.37. The van der Waals surface area contributed by atoms with Gasteiger partial charge in [-0.15, -0.1) is 0 Å². The first-order valence-electron chi connectivity index (χ1n) is 12.4. The van der Waals surface area contributed by atoms with E-state index in [1.54, 1.807) is 32.4 Å². The number of carbonyl (C=O) groups excluding carboxylic acids is 1. The Kier molecular flexibility index (Phi) is 8.28. The molecule has 7 nitrogen and oxygen atoms in total. The summed E-state index contributed by atoms with van der Waals surface area (Å²) in [4.78, 5) is 32.1. The number of methoxy groups -OCH3 is 1. The van der Waals surface area contributed by atoms with Gasteiger partial charge in [0, 0.05) is 0 Å². The van der Waals surface area contributed by atoms with Gasteiger partial charge in [-0.05, 0) is 68.7 Å². The zero-order valence-electron chi connectivity index (χ0n) is 21.8. The molecule has 2 aromatic carbocycles. The number of aromatic nitrogens is 1. The quantitative estimate of drug-likeness (QED) is 0.309. The summed E-state index contributed by atoms with van der Waals surface area (Å²) in [6, 6.07) is 14.4. The van der Waals surface area contributed by atoms with E-state index in [9.17, 15) is 9.59 Å². The molecular weight excluding hydrogens is 488 g/mol. The standard InChI is InChI=1S/C29H32N2O5S/c1-6-7-16-35-23-12-8-20(9-13-23)17-24-27(32)31-26(21-10-14-22(34-5)15-11-21)25(28(33)36-18(2)3)19(4)30-29(31)37-24/h8-15,17-18,26H,6-7,16H2,1-5H3. The van der Waals surface area contributed by atoms with E-state index in [4.69, 9.17) is 14.2 Å². The molecule has 37 heavy (non-hydrogen) atoms. The van der Waals surface area contributed by atoms with Crippen molar-refractivity contribution in [1.82, 2.24) is 4.57 Å². The van der Waals surface area contributed by atoms with Crippen molar-refractivity contribution >= 4 is 23.4 Å². The lowest BCUT2D eigenvalue weighted by atomic mass is 9.96. The third-order valence-corrected chi connectivity index (χ3v) is 6.94. The Balaban J connectivity index is 1.79. The van der Waals surface area contributed by atoms with Crippen LogP contribution in [0.3, 0.4) is 0 Å². The van der Waals surface area contributed by atoms with Crippen molar-refractivity contribution in [3.05, 3.63) is 90.6 Å². The summed E-state index contributed by atoms with van der Waals surface area (Å²) >= 11 is 1.30. The van der Waals surface area contributed by atoms with Crippen molar-refractivity contribution in [3.63, 3.8) is 0 Å². The Morgan fingerprint density at radius 3 is 2.41 bits per heavy atom. The molecule has 0 radical (unpaired) electrons. The van der Waals surface area contributed by atoms with E-state index < -0.39 is 12.0 Å². The lowest BCUT2D eigenvalue weighted by Crippen LogP contribution is -2.40. The van der Waals surface area contributed by atoms with Gasteiger partial charge < -0.3 is 14.2 Å². The van der Waals surface area contributed by atoms with E-state index in [0.29, 0.717) is 33.0 Å². The molecule has 1 atom stereocenters. The van der Waals surface area contributed by atoms with Crippen molar-refractivity contribution in [2.75, 3.05) is 13.7 Å². The highest BCUT2D eigenvalue weighted by molar-refractivity contribution is 7.07. The van der Waals surface area contributed by atoms with Crippen LogP contribution in [0.5, 0.6) is 11.5 Å². The Morgan fingerprint density at radius 1 is 1.11 bits per heavy atom. The predicted molar refractivity (Wildman–Crippen MR) is 145 cm³/mol. The third kappa shape index (κ3) is 5.85. The molecule has 8 heteroatoms. The fourth-order valence-corrected chi connectivity index (χ4v) is 5.15. The number of ether oxygens (including phenoxy) is 3. The zero-order valence-corrected chi connectivity index (χ0v) is 22.6. The number of hydrogen-bond donors (Lipinski definition) is 0. The zero-order chi connectivity index (χ0) is 26.5. The number of benzene rings is 2. The van der Waals surface area contributed by atoms with E-state index in [-0.39, 0.29) is 11.7 Å². The van der Waals surface area contributed by atoms with Crippen molar-refractivity contribution < 1.29 is 19.0 Å². The van der Waals surface area contributed by atoms with Gasteiger partial charge in [0.2, 0.25) is 0 Å². The first kappa shape index (κ1) is 26.4. The molecule has 0 saturated carbocycles. The molecular formula is C29H32N2O5S. The minimum atomic E-state index is -0.662. The Morgan fingerprint density at radius 2 is 1.78 bits per heavy atom. The second kappa shape index (κ2) is 11.6. The molecule has 1 unspecified atom stereocenters. The minimum Gasteiger partial charge on any atom is -0.497 e. The third-order valence-electron chi connectivity index (χ3n) is 5.96. The van der Waals surface area contributed by atoms with Gasteiger partial charge in [0.15, 0.2) is 4.80 Å². The average molecular weight is 521 g/mol. The van der Waals surface area contributed by atoms with Gasteiger partial charge in [-0.25, -0.2) is 9.79 Å². The number of esters is 1. The topological polar surface area (TPSA) is 79.1 Å². The summed E-state index contributed by atoms with van der Waals surface area (Å²) < 4.78 is 18.7. The summed E-state index contributed by atoms with van der Waals surface area (Å²) in [6.07, 6.45) is 3.62. The Bertz CT molecular complexity index is 1460. The van der Waals surface area contributed by atoms with Crippen molar-refractivity contribution in [1.29, 1.82) is 0 Å².